The Bertz CT molecular complexity index is 650. The summed E-state index contributed by atoms with van der Waals surface area (Å²) < 4.78 is 0.901. The van der Waals surface area contributed by atoms with Gasteiger partial charge in [-0.15, -0.1) is 0 Å². The number of amides is 1. The number of rotatable bonds is 3. The van der Waals surface area contributed by atoms with Gasteiger partial charge in [0.2, 0.25) is 0 Å². The van der Waals surface area contributed by atoms with Crippen molar-refractivity contribution in [1.82, 2.24) is 0 Å². The SMILES string of the molecule is Cc1ccc(C(C)C)c(N(C(=O)[O-])c2ccc(Br)cc2)c1. The lowest BCUT2D eigenvalue weighted by Gasteiger charge is -2.29. The van der Waals surface area contributed by atoms with E-state index >= 15 is 0 Å². The van der Waals surface area contributed by atoms with Gasteiger partial charge >= 0.3 is 0 Å². The Balaban J connectivity index is 2.60. The van der Waals surface area contributed by atoms with Gasteiger partial charge in [-0.1, -0.05) is 41.9 Å². The molecule has 2 aromatic rings. The highest BCUT2D eigenvalue weighted by molar-refractivity contribution is 9.10. The first-order chi connectivity index (χ1) is 9.90. The van der Waals surface area contributed by atoms with Crippen LogP contribution in [-0.4, -0.2) is 6.09 Å². The Kier molecular flexibility index (Phi) is 4.68. The summed E-state index contributed by atoms with van der Waals surface area (Å²) in [4.78, 5) is 12.9. The Hall–Kier alpha value is -1.81. The molecule has 0 spiro atoms. The van der Waals surface area contributed by atoms with E-state index in [2.05, 4.69) is 15.9 Å². The topological polar surface area (TPSA) is 43.4 Å². The predicted molar refractivity (Wildman–Crippen MR) is 86.9 cm³/mol. The third-order valence-electron chi connectivity index (χ3n) is 3.32. The maximum atomic E-state index is 11.7. The number of benzene rings is 2. The quantitative estimate of drug-likeness (QED) is 0.828. The van der Waals surface area contributed by atoms with Gasteiger partial charge < -0.3 is 9.90 Å². The van der Waals surface area contributed by atoms with Crippen LogP contribution < -0.4 is 10.0 Å². The molecule has 110 valence electrons. The Morgan fingerprint density at radius 2 is 1.76 bits per heavy atom. The number of carbonyl (C=O) groups excluding carboxylic acids is 1. The molecule has 0 saturated heterocycles. The number of hydrogen-bond acceptors (Lipinski definition) is 2. The molecule has 0 radical (unpaired) electrons. The van der Waals surface area contributed by atoms with Gasteiger partial charge in [-0.05, 0) is 54.3 Å². The molecule has 0 fully saturated rings. The molecule has 0 aliphatic carbocycles. The van der Waals surface area contributed by atoms with Crippen LogP contribution >= 0.6 is 15.9 Å². The minimum absolute atomic E-state index is 0.220. The largest absolute Gasteiger partial charge is 0.529 e. The molecule has 0 aliphatic heterocycles. The van der Waals surface area contributed by atoms with E-state index in [1.807, 2.05) is 51.1 Å². The lowest BCUT2D eigenvalue weighted by molar-refractivity contribution is -0.245. The minimum Gasteiger partial charge on any atom is -0.529 e. The molecule has 0 bridgehead atoms. The normalized spacial score (nSPS) is 10.7. The van der Waals surface area contributed by atoms with Crippen molar-refractivity contribution >= 4 is 33.4 Å². The van der Waals surface area contributed by atoms with Crippen molar-refractivity contribution < 1.29 is 9.90 Å². The molecule has 0 N–H and O–H groups in total. The molecule has 3 nitrogen and oxygen atoms in total. The van der Waals surface area contributed by atoms with E-state index in [0.29, 0.717) is 11.4 Å². The van der Waals surface area contributed by atoms with Crippen LogP contribution in [0.4, 0.5) is 16.2 Å². The van der Waals surface area contributed by atoms with Gasteiger partial charge in [-0.25, -0.2) is 0 Å². The van der Waals surface area contributed by atoms with E-state index in [1.165, 1.54) is 4.90 Å². The van der Waals surface area contributed by atoms with Crippen LogP contribution in [0.15, 0.2) is 46.9 Å². The molecule has 1 amide bonds. The summed E-state index contributed by atoms with van der Waals surface area (Å²) in [6.07, 6.45) is -1.23. The Morgan fingerprint density at radius 1 is 1.14 bits per heavy atom. The molecular formula is C17H17BrNO2-. The number of aryl methyl sites for hydroxylation is 1. The van der Waals surface area contributed by atoms with Gasteiger partial charge in [0.05, 0.1) is 5.69 Å². The highest BCUT2D eigenvalue weighted by Gasteiger charge is 2.16. The van der Waals surface area contributed by atoms with Crippen LogP contribution in [-0.2, 0) is 0 Å². The number of halogens is 1. The van der Waals surface area contributed by atoms with E-state index in [-0.39, 0.29) is 5.92 Å². The van der Waals surface area contributed by atoms with Crippen LogP contribution in [0.2, 0.25) is 0 Å². The van der Waals surface area contributed by atoms with Gasteiger partial charge in [0.15, 0.2) is 0 Å². The van der Waals surface area contributed by atoms with Gasteiger partial charge in [-0.3, -0.25) is 4.90 Å². The maximum Gasteiger partial charge on any atom is 0.146 e. The Morgan fingerprint density at radius 3 is 2.29 bits per heavy atom. The molecule has 2 rings (SSSR count). The van der Waals surface area contributed by atoms with Crippen LogP contribution in [0.25, 0.3) is 0 Å². The number of carbonyl (C=O) groups is 1. The fourth-order valence-electron chi connectivity index (χ4n) is 2.27. The van der Waals surface area contributed by atoms with Crippen LogP contribution in [0, 0.1) is 6.92 Å². The van der Waals surface area contributed by atoms with E-state index in [0.717, 1.165) is 15.6 Å². The van der Waals surface area contributed by atoms with Crippen molar-refractivity contribution in [2.75, 3.05) is 4.90 Å². The smallest absolute Gasteiger partial charge is 0.146 e. The van der Waals surface area contributed by atoms with E-state index in [1.54, 1.807) is 12.1 Å². The molecule has 0 saturated carbocycles. The van der Waals surface area contributed by atoms with E-state index in [9.17, 15) is 9.90 Å². The lowest BCUT2D eigenvalue weighted by Crippen LogP contribution is -2.38. The summed E-state index contributed by atoms with van der Waals surface area (Å²) in [6, 6.07) is 13.0. The fraction of sp³-hybridized carbons (Fsp3) is 0.235. The number of carboxylic acid groups (broad SMARTS) is 1. The fourth-order valence-corrected chi connectivity index (χ4v) is 2.53. The second kappa shape index (κ2) is 6.31. The van der Waals surface area contributed by atoms with E-state index in [4.69, 9.17) is 0 Å². The summed E-state index contributed by atoms with van der Waals surface area (Å²) in [5.74, 6) is 0.220. The van der Waals surface area contributed by atoms with Crippen LogP contribution in [0.5, 0.6) is 0 Å². The third-order valence-corrected chi connectivity index (χ3v) is 3.84. The second-order valence-corrected chi connectivity index (χ2v) is 6.21. The minimum atomic E-state index is -1.23. The molecule has 4 heteroatoms. The zero-order chi connectivity index (χ0) is 15.6. The molecule has 0 heterocycles. The van der Waals surface area contributed by atoms with Gasteiger partial charge in [0.1, 0.15) is 6.09 Å². The lowest BCUT2D eigenvalue weighted by atomic mass is 9.98. The average Bonchev–Trinajstić information content (AvgIpc) is 2.40. The molecular weight excluding hydrogens is 330 g/mol. The monoisotopic (exact) mass is 346 g/mol. The molecule has 0 aliphatic rings. The molecule has 0 unspecified atom stereocenters. The molecule has 2 aromatic carbocycles. The van der Waals surface area contributed by atoms with Crippen molar-refractivity contribution in [2.24, 2.45) is 0 Å². The molecule has 0 aromatic heterocycles. The molecule has 0 atom stereocenters. The summed E-state index contributed by atoms with van der Waals surface area (Å²) in [5, 5.41) is 11.7. The van der Waals surface area contributed by atoms with Crippen molar-refractivity contribution in [3.05, 3.63) is 58.1 Å². The van der Waals surface area contributed by atoms with Crippen molar-refractivity contribution in [3.63, 3.8) is 0 Å². The first-order valence-corrected chi connectivity index (χ1v) is 7.56. The average molecular weight is 347 g/mol. The predicted octanol–water partition coefficient (Wildman–Crippen LogP) is 4.36. The zero-order valence-corrected chi connectivity index (χ0v) is 13.8. The number of hydrogen-bond donors (Lipinski definition) is 0. The Labute approximate surface area is 133 Å². The van der Waals surface area contributed by atoms with E-state index < -0.39 is 6.09 Å². The summed E-state index contributed by atoms with van der Waals surface area (Å²) in [7, 11) is 0. The highest BCUT2D eigenvalue weighted by Crippen LogP contribution is 2.34. The second-order valence-electron chi connectivity index (χ2n) is 5.29. The molecule has 21 heavy (non-hydrogen) atoms. The third kappa shape index (κ3) is 3.45. The van der Waals surface area contributed by atoms with Gasteiger partial charge in [0.25, 0.3) is 0 Å². The van der Waals surface area contributed by atoms with Crippen molar-refractivity contribution in [3.8, 4) is 0 Å². The standard InChI is InChI=1S/C17H18BrNO2/c1-11(2)15-9-4-12(3)10-16(15)19(17(20)21)14-7-5-13(18)6-8-14/h4-11H,1-3H3,(H,20,21)/p-1. The van der Waals surface area contributed by atoms with Crippen LogP contribution in [0.1, 0.15) is 30.9 Å². The highest BCUT2D eigenvalue weighted by atomic mass is 79.9. The number of nitrogens with zero attached hydrogens (tertiary/aromatic N) is 1. The van der Waals surface area contributed by atoms with Crippen LogP contribution in [0.3, 0.4) is 0 Å². The summed E-state index contributed by atoms with van der Waals surface area (Å²) in [6.45, 7) is 6.04. The first-order valence-electron chi connectivity index (χ1n) is 6.77. The maximum absolute atomic E-state index is 11.7. The number of anilines is 2. The van der Waals surface area contributed by atoms with Gasteiger partial charge in [-0.2, -0.15) is 0 Å². The summed E-state index contributed by atoms with van der Waals surface area (Å²) in [5.41, 5.74) is 3.23. The zero-order valence-electron chi connectivity index (χ0n) is 12.3. The van der Waals surface area contributed by atoms with Gasteiger partial charge in [0, 0.05) is 10.2 Å². The van der Waals surface area contributed by atoms with Crippen molar-refractivity contribution in [2.45, 2.75) is 26.7 Å². The summed E-state index contributed by atoms with van der Waals surface area (Å²) >= 11 is 3.36. The first kappa shape index (κ1) is 15.6. The van der Waals surface area contributed by atoms with Crippen molar-refractivity contribution in [1.29, 1.82) is 0 Å².